The number of carbonyl (C=O) groups excluding carboxylic acids is 1. The van der Waals surface area contributed by atoms with Gasteiger partial charge >= 0.3 is 0 Å². The molecule has 0 spiro atoms. The number of carbonyl (C=O) groups is 1. The van der Waals surface area contributed by atoms with Crippen LogP contribution in [0.25, 0.3) is 0 Å². The first-order chi connectivity index (χ1) is 7.97. The summed E-state index contributed by atoms with van der Waals surface area (Å²) >= 11 is 11.5. The van der Waals surface area contributed by atoms with Gasteiger partial charge in [0.05, 0.1) is 11.8 Å². The van der Waals surface area contributed by atoms with Crippen molar-refractivity contribution in [1.82, 2.24) is 5.32 Å². The van der Waals surface area contributed by atoms with Gasteiger partial charge in [-0.15, -0.1) is 0 Å². The first kappa shape index (κ1) is 16.0. The number of rotatable bonds is 3. The van der Waals surface area contributed by atoms with Gasteiger partial charge in [0.25, 0.3) is 0 Å². The lowest BCUT2D eigenvalue weighted by atomic mass is 9.92. The van der Waals surface area contributed by atoms with Gasteiger partial charge in [-0.3, -0.25) is 4.79 Å². The SMILES string of the molecule is C[C@@H](O[Si](C)(C)C(C)(C)C)[C@H]1C(=O)NC1=C(Cl)Cl. The summed E-state index contributed by atoms with van der Waals surface area (Å²) in [6.07, 6.45) is -0.206. The van der Waals surface area contributed by atoms with Gasteiger partial charge in [0.15, 0.2) is 8.32 Å². The van der Waals surface area contributed by atoms with Crippen molar-refractivity contribution in [3.8, 4) is 0 Å². The second kappa shape index (κ2) is 5.16. The highest BCUT2D eigenvalue weighted by atomic mass is 35.5. The van der Waals surface area contributed by atoms with E-state index in [0.717, 1.165) is 0 Å². The van der Waals surface area contributed by atoms with Crippen molar-refractivity contribution in [3.05, 3.63) is 10.2 Å². The predicted octanol–water partition coefficient (Wildman–Crippen LogP) is 3.79. The van der Waals surface area contributed by atoms with E-state index in [4.69, 9.17) is 27.6 Å². The minimum Gasteiger partial charge on any atom is -0.413 e. The molecule has 0 aromatic rings. The lowest BCUT2D eigenvalue weighted by molar-refractivity contribution is -0.131. The number of halogens is 2. The van der Waals surface area contributed by atoms with E-state index in [1.165, 1.54) is 0 Å². The van der Waals surface area contributed by atoms with Crippen LogP contribution in [0.5, 0.6) is 0 Å². The van der Waals surface area contributed by atoms with Gasteiger partial charge in [0.1, 0.15) is 10.4 Å². The lowest BCUT2D eigenvalue weighted by Crippen LogP contribution is -2.55. The molecule has 0 bridgehead atoms. The highest BCUT2D eigenvalue weighted by Gasteiger charge is 2.45. The van der Waals surface area contributed by atoms with E-state index in [1.54, 1.807) is 0 Å². The minimum atomic E-state index is -1.90. The van der Waals surface area contributed by atoms with Crippen LogP contribution in [0.15, 0.2) is 10.2 Å². The fourth-order valence-electron chi connectivity index (χ4n) is 1.66. The third-order valence-electron chi connectivity index (χ3n) is 3.81. The van der Waals surface area contributed by atoms with Crippen molar-refractivity contribution in [2.75, 3.05) is 0 Å². The summed E-state index contributed by atoms with van der Waals surface area (Å²) in [5.74, 6) is -0.431. The quantitative estimate of drug-likeness (QED) is 0.636. The fourth-order valence-corrected chi connectivity index (χ4v) is 3.41. The van der Waals surface area contributed by atoms with Crippen LogP contribution in [0.3, 0.4) is 0 Å². The molecule has 0 saturated carbocycles. The van der Waals surface area contributed by atoms with Gasteiger partial charge < -0.3 is 9.74 Å². The molecular formula is C12H21Cl2NO2Si. The average molecular weight is 310 g/mol. The minimum absolute atomic E-state index is 0.0741. The topological polar surface area (TPSA) is 38.3 Å². The maximum Gasteiger partial charge on any atom is 0.235 e. The Hall–Kier alpha value is -0.0331. The summed E-state index contributed by atoms with van der Waals surface area (Å²) < 4.78 is 6.30. The second-order valence-corrected chi connectivity index (χ2v) is 11.9. The standard InChI is InChI=1S/C12H21Cl2NO2Si/c1-7(17-18(5,6)12(2,3)4)8-9(10(13)14)15-11(8)16/h7-8H,1-6H3,(H,15,16)/t7-,8-/m1/s1. The van der Waals surface area contributed by atoms with E-state index in [9.17, 15) is 4.79 Å². The molecule has 18 heavy (non-hydrogen) atoms. The van der Waals surface area contributed by atoms with E-state index in [-0.39, 0.29) is 27.5 Å². The van der Waals surface area contributed by atoms with Crippen molar-refractivity contribution < 1.29 is 9.22 Å². The van der Waals surface area contributed by atoms with Gasteiger partial charge in [-0.05, 0) is 25.1 Å². The number of nitrogens with one attached hydrogen (secondary N) is 1. The molecule has 1 aliphatic rings. The van der Waals surface area contributed by atoms with Gasteiger partial charge in [0, 0.05) is 0 Å². The molecule has 1 rings (SSSR count). The second-order valence-electron chi connectivity index (χ2n) is 6.22. The van der Waals surface area contributed by atoms with Crippen LogP contribution in [0, 0.1) is 5.92 Å². The molecule has 1 heterocycles. The zero-order valence-electron chi connectivity index (χ0n) is 11.7. The Labute approximate surface area is 120 Å². The maximum absolute atomic E-state index is 11.6. The van der Waals surface area contributed by atoms with Gasteiger partial charge in [-0.1, -0.05) is 44.0 Å². The molecule has 0 aliphatic carbocycles. The average Bonchev–Trinajstić information content (AvgIpc) is 2.10. The number of β-lactam (4-membered cyclic amide) rings is 1. The molecule has 1 aliphatic heterocycles. The van der Waals surface area contributed by atoms with Crippen LogP contribution in [0.2, 0.25) is 18.1 Å². The van der Waals surface area contributed by atoms with Crippen LogP contribution in [0.1, 0.15) is 27.7 Å². The predicted molar refractivity (Wildman–Crippen MR) is 78.1 cm³/mol. The summed E-state index contributed by atoms with van der Waals surface area (Å²) in [6, 6.07) is 0. The monoisotopic (exact) mass is 309 g/mol. The van der Waals surface area contributed by atoms with Crippen LogP contribution in [-0.4, -0.2) is 20.3 Å². The van der Waals surface area contributed by atoms with E-state index in [1.807, 2.05) is 6.92 Å². The smallest absolute Gasteiger partial charge is 0.235 e. The van der Waals surface area contributed by atoms with E-state index in [2.05, 4.69) is 39.2 Å². The van der Waals surface area contributed by atoms with Crippen LogP contribution in [0.4, 0.5) is 0 Å². The molecule has 104 valence electrons. The fraction of sp³-hybridized carbons (Fsp3) is 0.750. The Morgan fingerprint density at radius 3 is 2.22 bits per heavy atom. The Bertz CT molecular complexity index is 384. The maximum atomic E-state index is 11.6. The first-order valence-electron chi connectivity index (χ1n) is 6.01. The Morgan fingerprint density at radius 1 is 1.39 bits per heavy atom. The van der Waals surface area contributed by atoms with Crippen LogP contribution in [-0.2, 0) is 9.22 Å². The number of hydrogen-bond donors (Lipinski definition) is 1. The highest BCUT2D eigenvalue weighted by molar-refractivity contribution is 6.74. The molecular weight excluding hydrogens is 289 g/mol. The van der Waals surface area contributed by atoms with E-state index < -0.39 is 8.32 Å². The summed E-state index contributed by atoms with van der Waals surface area (Å²) in [4.78, 5) is 11.6. The van der Waals surface area contributed by atoms with Crippen LogP contribution < -0.4 is 5.32 Å². The molecule has 6 heteroatoms. The molecule has 1 N–H and O–H groups in total. The van der Waals surface area contributed by atoms with Crippen molar-refractivity contribution in [3.63, 3.8) is 0 Å². The molecule has 0 radical (unpaired) electrons. The Morgan fingerprint density at radius 2 is 1.89 bits per heavy atom. The summed E-state index contributed by atoms with van der Waals surface area (Å²) in [6.45, 7) is 12.7. The molecule has 2 atom stereocenters. The highest BCUT2D eigenvalue weighted by Crippen LogP contribution is 2.40. The molecule has 1 fully saturated rings. The molecule has 1 saturated heterocycles. The zero-order valence-corrected chi connectivity index (χ0v) is 14.2. The van der Waals surface area contributed by atoms with E-state index in [0.29, 0.717) is 5.70 Å². The molecule has 0 aromatic heterocycles. The van der Waals surface area contributed by atoms with Gasteiger partial charge in [-0.2, -0.15) is 0 Å². The van der Waals surface area contributed by atoms with Crippen molar-refractivity contribution in [1.29, 1.82) is 0 Å². The van der Waals surface area contributed by atoms with Gasteiger partial charge in [-0.25, -0.2) is 0 Å². The van der Waals surface area contributed by atoms with Crippen molar-refractivity contribution in [2.45, 2.75) is 51.9 Å². The lowest BCUT2D eigenvalue weighted by Gasteiger charge is -2.42. The largest absolute Gasteiger partial charge is 0.413 e. The number of hydrogen-bond acceptors (Lipinski definition) is 2. The Balaban J connectivity index is 2.81. The summed E-state index contributed by atoms with van der Waals surface area (Å²) in [5, 5.41) is 2.72. The molecule has 1 amide bonds. The normalized spacial score (nSPS) is 22.3. The first-order valence-corrected chi connectivity index (χ1v) is 9.67. The molecule has 0 aromatic carbocycles. The number of amides is 1. The Kier molecular flexibility index (Phi) is 4.59. The molecule has 3 nitrogen and oxygen atoms in total. The summed E-state index contributed by atoms with van der Waals surface area (Å²) in [7, 11) is -1.90. The zero-order chi connectivity index (χ0) is 14.3. The van der Waals surface area contributed by atoms with Crippen molar-refractivity contribution in [2.24, 2.45) is 5.92 Å². The third kappa shape index (κ3) is 3.10. The van der Waals surface area contributed by atoms with Crippen molar-refractivity contribution >= 4 is 37.4 Å². The van der Waals surface area contributed by atoms with Crippen LogP contribution >= 0.6 is 23.2 Å². The van der Waals surface area contributed by atoms with E-state index >= 15 is 0 Å². The molecule has 0 unspecified atom stereocenters. The summed E-state index contributed by atoms with van der Waals surface area (Å²) in [5.41, 5.74) is 0.578. The third-order valence-corrected chi connectivity index (χ3v) is 8.79. The van der Waals surface area contributed by atoms with Gasteiger partial charge in [0.2, 0.25) is 5.91 Å².